The SMILES string of the molecule is Nc1c(N=Nc2ccc3cc(S(=O)(=O)O)c(N=Nc4cccc(C(=O)O)c4)c(O)c3c2)cc(S(=O)(=O)O)c2cc(S(O)(O)O)c(N=Nc3ccccc3C(=O)O)c(O)c12. The second-order valence-electron chi connectivity index (χ2n) is 12.0. The number of nitrogens with two attached hydrogens (primary N) is 1. The van der Waals surface area contributed by atoms with Crippen LogP contribution in [0.2, 0.25) is 0 Å². The Labute approximate surface area is 331 Å². The van der Waals surface area contributed by atoms with Crippen LogP contribution in [0.25, 0.3) is 21.5 Å². The van der Waals surface area contributed by atoms with Crippen LogP contribution >= 0.6 is 10.9 Å². The van der Waals surface area contributed by atoms with E-state index in [0.29, 0.717) is 12.1 Å². The number of phenolic OH excluding ortho intramolecular Hbond substituents is 2. The van der Waals surface area contributed by atoms with Crippen LogP contribution in [-0.2, 0) is 20.2 Å². The van der Waals surface area contributed by atoms with Crippen LogP contribution in [0.5, 0.6) is 11.5 Å². The van der Waals surface area contributed by atoms with Gasteiger partial charge in [-0.25, -0.2) is 9.59 Å². The average Bonchev–Trinajstić information content (AvgIpc) is 3.15. The van der Waals surface area contributed by atoms with Crippen molar-refractivity contribution in [2.45, 2.75) is 14.7 Å². The van der Waals surface area contributed by atoms with Crippen LogP contribution < -0.4 is 5.73 Å². The largest absolute Gasteiger partial charge is 0.505 e. The Kier molecular flexibility index (Phi) is 10.9. The van der Waals surface area contributed by atoms with E-state index in [9.17, 15) is 69.6 Å². The zero-order valence-corrected chi connectivity index (χ0v) is 31.5. The molecule has 0 fully saturated rings. The number of carboxylic acid groups (broad SMARTS) is 2. The van der Waals surface area contributed by atoms with Crippen molar-refractivity contribution < 1.29 is 69.6 Å². The van der Waals surface area contributed by atoms with Crippen molar-refractivity contribution in [3.8, 4) is 11.5 Å². The second-order valence-corrected chi connectivity index (χ2v) is 16.3. The quantitative estimate of drug-likeness (QED) is 0.0330. The first-order valence-electron chi connectivity index (χ1n) is 15.8. The summed E-state index contributed by atoms with van der Waals surface area (Å²) in [7, 11) is -15.2. The number of fused-ring (bicyclic) bond motifs is 2. The van der Waals surface area contributed by atoms with Gasteiger partial charge in [0.15, 0.2) is 11.5 Å². The number of hydrogen-bond donors (Lipinski definition) is 10. The number of anilines is 1. The second kappa shape index (κ2) is 15.4. The van der Waals surface area contributed by atoms with E-state index < -0.39 is 103 Å². The molecular formula is C34H25N7O15S3. The van der Waals surface area contributed by atoms with Crippen LogP contribution in [0.4, 0.5) is 39.8 Å². The van der Waals surface area contributed by atoms with E-state index in [1.807, 2.05) is 0 Å². The number of aromatic carboxylic acids is 2. The first-order valence-corrected chi connectivity index (χ1v) is 20.2. The molecule has 0 aliphatic heterocycles. The van der Waals surface area contributed by atoms with Gasteiger partial charge in [-0.05, 0) is 66.0 Å². The molecule has 0 heterocycles. The van der Waals surface area contributed by atoms with Crippen molar-refractivity contribution in [1.29, 1.82) is 0 Å². The van der Waals surface area contributed by atoms with Gasteiger partial charge >= 0.3 is 11.9 Å². The van der Waals surface area contributed by atoms with E-state index in [4.69, 9.17) is 5.73 Å². The number of aromatic hydroxyl groups is 2. The maximum Gasteiger partial charge on any atom is 0.337 e. The van der Waals surface area contributed by atoms with Crippen LogP contribution in [0.15, 0.2) is 130 Å². The highest BCUT2D eigenvalue weighted by atomic mass is 32.3. The van der Waals surface area contributed by atoms with Crippen LogP contribution in [0.3, 0.4) is 0 Å². The summed E-state index contributed by atoms with van der Waals surface area (Å²) < 4.78 is 100. The van der Waals surface area contributed by atoms with Gasteiger partial charge in [0.25, 0.3) is 20.2 Å². The molecule has 25 heteroatoms. The number of nitrogens with zero attached hydrogens (tertiary/aromatic N) is 6. The maximum atomic E-state index is 12.6. The van der Waals surface area contributed by atoms with Crippen molar-refractivity contribution >= 4 is 104 Å². The van der Waals surface area contributed by atoms with Gasteiger partial charge in [0.2, 0.25) is 0 Å². The number of carbonyl (C=O) groups is 2. The number of nitrogen functional groups attached to an aromatic ring is 1. The fraction of sp³-hybridized carbons (Fsp3) is 0. The lowest BCUT2D eigenvalue weighted by Crippen LogP contribution is -2.03. The molecule has 304 valence electrons. The van der Waals surface area contributed by atoms with E-state index in [-0.39, 0.29) is 39.0 Å². The van der Waals surface area contributed by atoms with E-state index in [2.05, 4.69) is 30.7 Å². The molecule has 59 heavy (non-hydrogen) atoms. The van der Waals surface area contributed by atoms with Gasteiger partial charge in [0.05, 0.1) is 38.5 Å². The Balaban J connectivity index is 1.51. The Morgan fingerprint density at radius 3 is 1.80 bits per heavy atom. The van der Waals surface area contributed by atoms with Crippen LogP contribution in [-0.4, -0.2) is 72.0 Å². The molecule has 0 unspecified atom stereocenters. The van der Waals surface area contributed by atoms with Crippen molar-refractivity contribution in [1.82, 2.24) is 0 Å². The topological polar surface area (TPSA) is 385 Å². The lowest BCUT2D eigenvalue weighted by atomic mass is 10.0. The Hall–Kier alpha value is -6.97. The molecule has 0 saturated heterocycles. The van der Waals surface area contributed by atoms with Gasteiger partial charge in [0.1, 0.15) is 43.4 Å². The summed E-state index contributed by atoms with van der Waals surface area (Å²) in [6, 6.07) is 16.0. The summed E-state index contributed by atoms with van der Waals surface area (Å²) in [4.78, 5) is 20.1. The predicted octanol–water partition coefficient (Wildman–Crippen LogP) is 8.70. The summed E-state index contributed by atoms with van der Waals surface area (Å²) in [5.41, 5.74) is 2.51. The lowest BCUT2D eigenvalue weighted by Gasteiger charge is -2.23. The number of phenols is 2. The molecule has 6 aromatic carbocycles. The fourth-order valence-corrected chi connectivity index (χ4v) is 7.59. The Morgan fingerprint density at radius 1 is 0.542 bits per heavy atom. The zero-order chi connectivity index (χ0) is 43.2. The average molecular weight is 868 g/mol. The van der Waals surface area contributed by atoms with Crippen molar-refractivity contribution in [2.24, 2.45) is 30.7 Å². The molecule has 0 amide bonds. The summed E-state index contributed by atoms with van der Waals surface area (Å²) in [5.74, 6) is -4.70. The molecule has 6 rings (SSSR count). The molecule has 0 saturated carbocycles. The number of carboxylic acids is 2. The monoisotopic (exact) mass is 867 g/mol. The van der Waals surface area contributed by atoms with Crippen molar-refractivity contribution in [2.75, 3.05) is 5.73 Å². The Bertz CT molecular complexity index is 3100. The summed E-state index contributed by atoms with van der Waals surface area (Å²) in [5, 5.41) is 62.8. The molecule has 22 nitrogen and oxygen atoms in total. The minimum atomic E-state index is -5.28. The number of rotatable bonds is 11. The van der Waals surface area contributed by atoms with E-state index >= 15 is 0 Å². The maximum absolute atomic E-state index is 12.6. The molecule has 0 bridgehead atoms. The van der Waals surface area contributed by atoms with Gasteiger partial charge in [-0.3, -0.25) is 9.11 Å². The molecule has 11 N–H and O–H groups in total. The van der Waals surface area contributed by atoms with Gasteiger partial charge in [0, 0.05) is 10.8 Å². The molecule has 0 atom stereocenters. The number of benzene rings is 6. The van der Waals surface area contributed by atoms with Crippen molar-refractivity contribution in [3.05, 3.63) is 96.1 Å². The minimum absolute atomic E-state index is 0.0167. The fourth-order valence-electron chi connectivity index (χ4n) is 5.56. The third-order valence-electron chi connectivity index (χ3n) is 8.23. The summed E-state index contributed by atoms with van der Waals surface area (Å²) in [6.45, 7) is 0. The zero-order valence-electron chi connectivity index (χ0n) is 29.0. The van der Waals surface area contributed by atoms with Gasteiger partial charge in [-0.15, -0.1) is 20.5 Å². The van der Waals surface area contributed by atoms with Gasteiger partial charge in [-0.2, -0.15) is 27.1 Å². The third kappa shape index (κ3) is 8.51. The highest BCUT2D eigenvalue weighted by Crippen LogP contribution is 2.56. The van der Waals surface area contributed by atoms with Gasteiger partial charge < -0.3 is 39.8 Å². The van der Waals surface area contributed by atoms with Crippen LogP contribution in [0.1, 0.15) is 20.7 Å². The standard InChI is InChI=1S/C34H25N7O15S3/c35-28-23(14-24(57(48,49)50)21-13-26(59(54,55)56)30(32(43)27(21)28)41-38-22-7-2-1-6-19(22)34(46)47)39-36-18-9-8-15-11-25(58(51,52)53)29(31(42)20(15)12-18)40-37-17-5-3-4-16(10-17)33(44)45/h1-14,42-43,54-56H,35H2,(H,44,45)(H,46,47)(H,48,49,50)(H,51,52,53). The third-order valence-corrected chi connectivity index (χ3v) is 10.9. The molecule has 0 spiro atoms. The normalized spacial score (nSPS) is 13.0. The highest BCUT2D eigenvalue weighted by Gasteiger charge is 2.30. The van der Waals surface area contributed by atoms with E-state index in [1.165, 1.54) is 48.5 Å². The minimum Gasteiger partial charge on any atom is -0.505 e. The van der Waals surface area contributed by atoms with Crippen molar-refractivity contribution in [3.63, 3.8) is 0 Å². The predicted molar refractivity (Wildman–Crippen MR) is 208 cm³/mol. The van der Waals surface area contributed by atoms with E-state index in [0.717, 1.165) is 24.3 Å². The molecule has 6 aromatic rings. The molecular weight excluding hydrogens is 843 g/mol. The van der Waals surface area contributed by atoms with Crippen LogP contribution in [0, 0.1) is 0 Å². The molecule has 0 aliphatic carbocycles. The summed E-state index contributed by atoms with van der Waals surface area (Å²) >= 11 is 0. The number of hydrogen-bond acceptors (Lipinski definition) is 18. The first-order chi connectivity index (χ1) is 27.6. The molecule has 0 radical (unpaired) electrons. The molecule has 0 aromatic heterocycles. The highest BCUT2D eigenvalue weighted by molar-refractivity contribution is 8.19. The smallest absolute Gasteiger partial charge is 0.337 e. The van der Waals surface area contributed by atoms with Gasteiger partial charge in [-0.1, -0.05) is 24.3 Å². The molecule has 0 aliphatic rings. The number of azo groups is 3. The lowest BCUT2D eigenvalue weighted by molar-refractivity contribution is 0.0686. The Morgan fingerprint density at radius 2 is 1.15 bits per heavy atom. The van der Waals surface area contributed by atoms with E-state index in [1.54, 1.807) is 0 Å². The summed E-state index contributed by atoms with van der Waals surface area (Å²) in [6.07, 6.45) is 0. The first kappa shape index (κ1) is 41.7.